The summed E-state index contributed by atoms with van der Waals surface area (Å²) in [6.45, 7) is 5.58. The lowest BCUT2D eigenvalue weighted by molar-refractivity contribution is 0.0933. The van der Waals surface area contributed by atoms with Gasteiger partial charge in [0.1, 0.15) is 5.69 Å². The van der Waals surface area contributed by atoms with Crippen molar-refractivity contribution in [1.82, 2.24) is 15.1 Å². The van der Waals surface area contributed by atoms with Crippen LogP contribution in [0, 0.1) is 5.41 Å². The second kappa shape index (κ2) is 6.07. The van der Waals surface area contributed by atoms with Crippen molar-refractivity contribution in [1.29, 1.82) is 0 Å². The number of nitrogens with one attached hydrogen (secondary N) is 1. The second-order valence-electron chi connectivity index (χ2n) is 5.31. The summed E-state index contributed by atoms with van der Waals surface area (Å²) in [5, 5.41) is 8.50. The molecule has 0 aliphatic heterocycles. The molecule has 1 amide bonds. The van der Waals surface area contributed by atoms with Gasteiger partial charge >= 0.3 is 0 Å². The lowest BCUT2D eigenvalue weighted by Crippen LogP contribution is -2.32. The molecule has 1 fully saturated rings. The number of carbonyl (C=O) groups is 1. The van der Waals surface area contributed by atoms with Gasteiger partial charge in [-0.1, -0.05) is 22.9 Å². The quantitative estimate of drug-likeness (QED) is 0.783. The maximum Gasteiger partial charge on any atom is 0.269 e. The van der Waals surface area contributed by atoms with Gasteiger partial charge in [0.15, 0.2) is 0 Å². The minimum Gasteiger partial charge on any atom is -0.350 e. The lowest BCUT2D eigenvalue weighted by Gasteiger charge is -2.14. The number of carbonyl (C=O) groups excluding carboxylic acids is 1. The molecule has 0 bridgehead atoms. The summed E-state index contributed by atoms with van der Waals surface area (Å²) < 4.78 is 1.79. The average Bonchev–Trinajstić information content (AvgIpc) is 3.05. The molecule has 0 saturated heterocycles. The predicted octanol–water partition coefficient (Wildman–Crippen LogP) is 2.76. The van der Waals surface area contributed by atoms with E-state index in [1.54, 1.807) is 4.68 Å². The minimum absolute atomic E-state index is 0.00916. The Kier molecular flexibility index (Phi) is 4.66. The van der Waals surface area contributed by atoms with Crippen LogP contribution in [0.5, 0.6) is 0 Å². The van der Waals surface area contributed by atoms with E-state index in [9.17, 15) is 4.79 Å². The Morgan fingerprint density at radius 2 is 2.26 bits per heavy atom. The van der Waals surface area contributed by atoms with Crippen LogP contribution in [-0.2, 0) is 13.0 Å². The molecular weight excluding hydrogens is 306 g/mol. The van der Waals surface area contributed by atoms with Crippen LogP contribution in [-0.4, -0.2) is 27.6 Å². The fourth-order valence-electron chi connectivity index (χ4n) is 2.32. The summed E-state index contributed by atoms with van der Waals surface area (Å²) in [4.78, 5) is 12.2. The number of aromatic nitrogens is 2. The fraction of sp³-hybridized carbons (Fsp3) is 0.714. The van der Waals surface area contributed by atoms with Crippen molar-refractivity contribution in [2.75, 3.05) is 11.9 Å². The fourth-order valence-corrected chi connectivity index (χ4v) is 3.16. The van der Waals surface area contributed by atoms with Gasteiger partial charge in [-0.3, -0.25) is 9.48 Å². The maximum absolute atomic E-state index is 12.2. The highest BCUT2D eigenvalue weighted by atomic mass is 79.9. The van der Waals surface area contributed by atoms with Crippen LogP contribution in [0.1, 0.15) is 49.3 Å². The van der Waals surface area contributed by atoms with Crippen LogP contribution in [0.2, 0.25) is 0 Å². The van der Waals surface area contributed by atoms with Gasteiger partial charge in [0.25, 0.3) is 5.91 Å². The molecule has 1 aromatic heterocycles. The van der Waals surface area contributed by atoms with Crippen LogP contribution in [0.3, 0.4) is 0 Å². The van der Waals surface area contributed by atoms with E-state index in [1.807, 2.05) is 13.0 Å². The number of hydrogen-bond acceptors (Lipinski definition) is 2. The number of nitrogens with zero attached hydrogens (tertiary/aromatic N) is 2. The molecule has 0 unspecified atom stereocenters. The first-order valence-corrected chi connectivity index (χ1v) is 8.17. The van der Waals surface area contributed by atoms with E-state index in [0.717, 1.165) is 37.0 Å². The molecule has 4 nitrogen and oxygen atoms in total. The predicted molar refractivity (Wildman–Crippen MR) is 79.7 cm³/mol. The minimum atomic E-state index is 0.00916. The van der Waals surface area contributed by atoms with Crippen LogP contribution in [0.15, 0.2) is 6.07 Å². The number of halogens is 1. The summed E-state index contributed by atoms with van der Waals surface area (Å²) >= 11 is 3.49. The SMILES string of the molecule is CCc1cc(C(=O)NCC2(CCBr)CC2)n(CC)n1. The molecule has 19 heavy (non-hydrogen) atoms. The number of alkyl halides is 1. The van der Waals surface area contributed by atoms with E-state index in [2.05, 4.69) is 33.3 Å². The summed E-state index contributed by atoms with van der Waals surface area (Å²) in [6, 6.07) is 1.91. The lowest BCUT2D eigenvalue weighted by atomic mass is 10.0. The van der Waals surface area contributed by atoms with Crippen LogP contribution in [0.25, 0.3) is 0 Å². The molecule has 1 aliphatic carbocycles. The first-order chi connectivity index (χ1) is 9.14. The Morgan fingerprint density at radius 1 is 1.53 bits per heavy atom. The molecule has 106 valence electrons. The summed E-state index contributed by atoms with van der Waals surface area (Å²) in [7, 11) is 0. The van der Waals surface area contributed by atoms with Gasteiger partial charge in [0.2, 0.25) is 0 Å². The Hall–Kier alpha value is -0.840. The van der Waals surface area contributed by atoms with E-state index in [0.29, 0.717) is 11.1 Å². The highest BCUT2D eigenvalue weighted by molar-refractivity contribution is 9.09. The van der Waals surface area contributed by atoms with E-state index in [1.165, 1.54) is 12.8 Å². The van der Waals surface area contributed by atoms with Gasteiger partial charge in [-0.25, -0.2) is 0 Å². The van der Waals surface area contributed by atoms with Gasteiger partial charge in [0.05, 0.1) is 5.69 Å². The number of amides is 1. The topological polar surface area (TPSA) is 46.9 Å². The third-order valence-electron chi connectivity index (χ3n) is 3.93. The molecule has 1 heterocycles. The zero-order chi connectivity index (χ0) is 13.9. The molecule has 1 saturated carbocycles. The first-order valence-electron chi connectivity index (χ1n) is 7.05. The molecule has 1 N–H and O–H groups in total. The number of rotatable bonds is 7. The van der Waals surface area contributed by atoms with Gasteiger partial charge in [-0.15, -0.1) is 0 Å². The van der Waals surface area contributed by atoms with E-state index >= 15 is 0 Å². The van der Waals surface area contributed by atoms with Crippen molar-refractivity contribution < 1.29 is 4.79 Å². The smallest absolute Gasteiger partial charge is 0.269 e. The first kappa shape index (κ1) is 14.6. The van der Waals surface area contributed by atoms with Crippen molar-refractivity contribution in [2.45, 2.75) is 46.1 Å². The monoisotopic (exact) mass is 327 g/mol. The van der Waals surface area contributed by atoms with Crippen LogP contribution in [0.4, 0.5) is 0 Å². The Balaban J connectivity index is 1.98. The van der Waals surface area contributed by atoms with Crippen molar-refractivity contribution in [3.8, 4) is 0 Å². The van der Waals surface area contributed by atoms with Gasteiger partial charge in [0, 0.05) is 18.4 Å². The third-order valence-corrected chi connectivity index (χ3v) is 4.33. The van der Waals surface area contributed by atoms with Gasteiger partial charge < -0.3 is 5.32 Å². The van der Waals surface area contributed by atoms with E-state index < -0.39 is 0 Å². The molecule has 0 aromatic carbocycles. The molecule has 5 heteroatoms. The van der Waals surface area contributed by atoms with Gasteiger partial charge in [-0.2, -0.15) is 5.10 Å². The van der Waals surface area contributed by atoms with Crippen LogP contribution < -0.4 is 5.32 Å². The zero-order valence-electron chi connectivity index (χ0n) is 11.7. The Labute approximate surface area is 123 Å². The normalized spacial score (nSPS) is 16.4. The zero-order valence-corrected chi connectivity index (χ0v) is 13.3. The summed E-state index contributed by atoms with van der Waals surface area (Å²) in [5.41, 5.74) is 2.02. The van der Waals surface area contributed by atoms with Crippen molar-refractivity contribution in [3.05, 3.63) is 17.5 Å². The van der Waals surface area contributed by atoms with Crippen molar-refractivity contribution >= 4 is 21.8 Å². The molecular formula is C14H22BrN3O. The van der Waals surface area contributed by atoms with E-state index in [4.69, 9.17) is 0 Å². The standard InChI is InChI=1S/C14H22BrN3O/c1-3-11-9-12(18(4-2)17-11)13(19)16-10-14(5-6-14)7-8-15/h9H,3-8,10H2,1-2H3,(H,16,19). The van der Waals surface area contributed by atoms with Gasteiger partial charge in [-0.05, 0) is 44.1 Å². The average molecular weight is 328 g/mol. The van der Waals surface area contributed by atoms with Crippen molar-refractivity contribution in [3.63, 3.8) is 0 Å². The molecule has 0 radical (unpaired) electrons. The molecule has 0 atom stereocenters. The number of hydrogen-bond donors (Lipinski definition) is 1. The number of aryl methyl sites for hydroxylation is 2. The molecule has 0 spiro atoms. The highest BCUT2D eigenvalue weighted by Crippen LogP contribution is 2.48. The van der Waals surface area contributed by atoms with E-state index in [-0.39, 0.29) is 5.91 Å². The Bertz CT molecular complexity index is 452. The van der Waals surface area contributed by atoms with Crippen molar-refractivity contribution in [2.24, 2.45) is 5.41 Å². The molecule has 1 aromatic rings. The largest absolute Gasteiger partial charge is 0.350 e. The third kappa shape index (κ3) is 3.38. The molecule has 1 aliphatic rings. The maximum atomic E-state index is 12.2. The highest BCUT2D eigenvalue weighted by Gasteiger charge is 2.41. The molecule has 2 rings (SSSR count). The summed E-state index contributed by atoms with van der Waals surface area (Å²) in [6.07, 6.45) is 4.46. The van der Waals surface area contributed by atoms with Crippen LogP contribution >= 0.6 is 15.9 Å². The Morgan fingerprint density at radius 3 is 2.79 bits per heavy atom. The summed E-state index contributed by atoms with van der Waals surface area (Å²) in [5.74, 6) is 0.00916. The second-order valence-corrected chi connectivity index (χ2v) is 6.10.